The Morgan fingerprint density at radius 1 is 1.25 bits per heavy atom. The Morgan fingerprint density at radius 3 is 2.25 bits per heavy atom. The highest BCUT2D eigenvalue weighted by atomic mass is 35.5. The van der Waals surface area contributed by atoms with Crippen molar-refractivity contribution in [3.63, 3.8) is 0 Å². The lowest BCUT2D eigenvalue weighted by Crippen LogP contribution is -2.25. The summed E-state index contributed by atoms with van der Waals surface area (Å²) in [4.78, 5) is 21.1. The molecule has 0 radical (unpaired) electrons. The first-order valence-corrected chi connectivity index (χ1v) is 5.19. The van der Waals surface area contributed by atoms with Crippen LogP contribution in [0.15, 0.2) is 18.2 Å². The fourth-order valence-electron chi connectivity index (χ4n) is 0.696. The van der Waals surface area contributed by atoms with E-state index in [4.69, 9.17) is 23.2 Å². The standard InChI is InChI=1S/C6H5Cl2O3P/c7-4-1-2-5(8)6(3-4)12(9,10)11/h1-3H,(H2,9,10,11)/p-2. The second-order valence-electron chi connectivity index (χ2n) is 2.09. The zero-order valence-corrected chi connectivity index (χ0v) is 8.07. The molecule has 6 heteroatoms. The minimum atomic E-state index is -4.80. The van der Waals surface area contributed by atoms with E-state index < -0.39 is 12.9 Å². The molecule has 0 aliphatic carbocycles. The van der Waals surface area contributed by atoms with Gasteiger partial charge in [-0.15, -0.1) is 0 Å². The van der Waals surface area contributed by atoms with E-state index in [1.54, 1.807) is 0 Å². The molecule has 0 bridgehead atoms. The number of hydrogen-bond donors (Lipinski definition) is 0. The maximum atomic E-state index is 10.5. The Bertz CT molecular complexity index is 347. The molecular formula is C6H3Cl2O3P-2. The van der Waals surface area contributed by atoms with E-state index >= 15 is 0 Å². The van der Waals surface area contributed by atoms with Crippen LogP contribution >= 0.6 is 30.8 Å². The van der Waals surface area contributed by atoms with Gasteiger partial charge in [-0.25, -0.2) is 0 Å². The zero-order chi connectivity index (χ0) is 9.35. The van der Waals surface area contributed by atoms with Crippen LogP contribution in [0, 0.1) is 0 Å². The molecule has 0 unspecified atom stereocenters. The van der Waals surface area contributed by atoms with Crippen LogP contribution in [0.3, 0.4) is 0 Å². The van der Waals surface area contributed by atoms with Crippen LogP contribution in [0.5, 0.6) is 0 Å². The molecule has 0 saturated heterocycles. The van der Waals surface area contributed by atoms with Crippen LogP contribution in [0.4, 0.5) is 0 Å². The summed E-state index contributed by atoms with van der Waals surface area (Å²) in [6.07, 6.45) is 0. The number of halogens is 2. The Kier molecular flexibility index (Phi) is 2.81. The normalized spacial score (nSPS) is 11.7. The highest BCUT2D eigenvalue weighted by molar-refractivity contribution is 7.57. The molecule has 12 heavy (non-hydrogen) atoms. The molecule has 0 aromatic heterocycles. The van der Waals surface area contributed by atoms with Crippen molar-refractivity contribution in [3.8, 4) is 0 Å². The predicted octanol–water partition coefficient (Wildman–Crippen LogP) is 0.532. The lowest BCUT2D eigenvalue weighted by molar-refractivity contribution is -0.307. The van der Waals surface area contributed by atoms with Crippen LogP contribution in [0.25, 0.3) is 0 Å². The van der Waals surface area contributed by atoms with Crippen LogP contribution in [0.1, 0.15) is 0 Å². The lowest BCUT2D eigenvalue weighted by Gasteiger charge is -2.30. The molecule has 1 rings (SSSR count). The van der Waals surface area contributed by atoms with Crippen molar-refractivity contribution in [1.29, 1.82) is 0 Å². The number of hydrogen-bond acceptors (Lipinski definition) is 3. The Labute approximate surface area is 79.1 Å². The maximum Gasteiger partial charge on any atom is 0.0491 e. The van der Waals surface area contributed by atoms with E-state index in [0.29, 0.717) is 0 Å². The van der Waals surface area contributed by atoms with Crippen molar-refractivity contribution >= 4 is 36.1 Å². The van der Waals surface area contributed by atoms with Gasteiger partial charge in [-0.2, -0.15) is 0 Å². The van der Waals surface area contributed by atoms with Crippen LogP contribution < -0.4 is 15.1 Å². The average molecular weight is 225 g/mol. The maximum absolute atomic E-state index is 10.5. The summed E-state index contributed by atoms with van der Waals surface area (Å²) in [5, 5.41) is -0.397. The SMILES string of the molecule is O=P([O-])([O-])c1cc(Cl)ccc1Cl. The van der Waals surface area contributed by atoms with Gasteiger partial charge in [-0.1, -0.05) is 23.2 Å². The van der Waals surface area contributed by atoms with Crippen molar-refractivity contribution in [2.24, 2.45) is 0 Å². The summed E-state index contributed by atoms with van der Waals surface area (Å²) in [6.45, 7) is 0. The summed E-state index contributed by atoms with van der Waals surface area (Å²) < 4.78 is 10.5. The minimum Gasteiger partial charge on any atom is -0.807 e. The van der Waals surface area contributed by atoms with Gasteiger partial charge in [0.25, 0.3) is 0 Å². The second-order valence-corrected chi connectivity index (χ2v) is 4.41. The van der Waals surface area contributed by atoms with Crippen molar-refractivity contribution < 1.29 is 14.4 Å². The number of benzene rings is 1. The molecule has 3 nitrogen and oxygen atoms in total. The van der Waals surface area contributed by atoms with E-state index in [-0.39, 0.29) is 10.0 Å². The third-order valence-corrected chi connectivity index (χ3v) is 2.86. The molecule has 0 atom stereocenters. The first kappa shape index (κ1) is 10.0. The molecular weight excluding hydrogens is 222 g/mol. The van der Waals surface area contributed by atoms with Crippen LogP contribution in [-0.2, 0) is 4.57 Å². The molecule has 0 heterocycles. The molecule has 66 valence electrons. The number of rotatable bonds is 1. The Morgan fingerprint density at radius 2 is 1.83 bits per heavy atom. The van der Waals surface area contributed by atoms with Gasteiger partial charge in [0.2, 0.25) is 0 Å². The van der Waals surface area contributed by atoms with E-state index in [0.717, 1.165) is 6.07 Å². The first-order chi connectivity index (χ1) is 5.41. The first-order valence-electron chi connectivity index (χ1n) is 2.89. The monoisotopic (exact) mass is 224 g/mol. The van der Waals surface area contributed by atoms with Crippen LogP contribution in [-0.4, -0.2) is 0 Å². The molecule has 0 N–H and O–H groups in total. The van der Waals surface area contributed by atoms with E-state index in [1.807, 2.05) is 0 Å². The van der Waals surface area contributed by atoms with Gasteiger partial charge in [-0.3, -0.25) is 0 Å². The van der Waals surface area contributed by atoms with Gasteiger partial charge in [0, 0.05) is 15.3 Å². The largest absolute Gasteiger partial charge is 0.807 e. The fraction of sp³-hybridized carbons (Fsp3) is 0. The second kappa shape index (κ2) is 3.36. The molecule has 0 saturated carbocycles. The summed E-state index contributed by atoms with van der Waals surface area (Å²) >= 11 is 10.9. The Balaban J connectivity index is 3.33. The molecule has 0 aliphatic heterocycles. The third-order valence-electron chi connectivity index (χ3n) is 1.20. The topological polar surface area (TPSA) is 63.2 Å². The average Bonchev–Trinajstić information content (AvgIpc) is 1.92. The summed E-state index contributed by atoms with van der Waals surface area (Å²) in [5.74, 6) is 0. The lowest BCUT2D eigenvalue weighted by atomic mass is 10.4. The summed E-state index contributed by atoms with van der Waals surface area (Å²) in [5.41, 5.74) is 0. The predicted molar refractivity (Wildman–Crippen MR) is 43.7 cm³/mol. The van der Waals surface area contributed by atoms with Gasteiger partial charge in [0.15, 0.2) is 0 Å². The van der Waals surface area contributed by atoms with E-state index in [1.165, 1.54) is 12.1 Å². The van der Waals surface area contributed by atoms with Crippen molar-refractivity contribution in [1.82, 2.24) is 0 Å². The van der Waals surface area contributed by atoms with Crippen molar-refractivity contribution in [2.45, 2.75) is 0 Å². The van der Waals surface area contributed by atoms with Crippen LogP contribution in [0.2, 0.25) is 10.0 Å². The molecule has 0 aliphatic rings. The van der Waals surface area contributed by atoms with E-state index in [2.05, 4.69) is 0 Å². The van der Waals surface area contributed by atoms with Crippen molar-refractivity contribution in [2.75, 3.05) is 0 Å². The van der Waals surface area contributed by atoms with E-state index in [9.17, 15) is 14.4 Å². The fourth-order valence-corrected chi connectivity index (χ4v) is 2.01. The molecule has 0 fully saturated rings. The molecule has 1 aromatic carbocycles. The summed E-state index contributed by atoms with van der Waals surface area (Å²) in [7, 11) is -4.80. The zero-order valence-electron chi connectivity index (χ0n) is 5.66. The highest BCUT2D eigenvalue weighted by Crippen LogP contribution is 2.28. The highest BCUT2D eigenvalue weighted by Gasteiger charge is 2.03. The third kappa shape index (κ3) is 2.22. The van der Waals surface area contributed by atoms with Gasteiger partial charge in [-0.05, 0) is 25.8 Å². The van der Waals surface area contributed by atoms with Crippen molar-refractivity contribution in [3.05, 3.63) is 28.2 Å². The van der Waals surface area contributed by atoms with Gasteiger partial charge in [0.1, 0.15) is 0 Å². The van der Waals surface area contributed by atoms with Gasteiger partial charge in [0.05, 0.1) is 0 Å². The Hall–Kier alpha value is -0.0500. The van der Waals surface area contributed by atoms with Gasteiger partial charge < -0.3 is 14.4 Å². The minimum absolute atomic E-state index is 0.104. The quantitative estimate of drug-likeness (QED) is 0.655. The molecule has 0 amide bonds. The molecule has 1 aromatic rings. The smallest absolute Gasteiger partial charge is 0.0491 e. The summed E-state index contributed by atoms with van der Waals surface area (Å²) in [6, 6.07) is 3.70. The molecule has 0 spiro atoms. The van der Waals surface area contributed by atoms with Gasteiger partial charge >= 0.3 is 0 Å².